The second-order valence-corrected chi connectivity index (χ2v) is 2.83. The van der Waals surface area contributed by atoms with Gasteiger partial charge >= 0.3 is 0 Å². The summed E-state index contributed by atoms with van der Waals surface area (Å²) in [5, 5.41) is 3.88. The van der Waals surface area contributed by atoms with Gasteiger partial charge in [0.15, 0.2) is 0 Å². The fourth-order valence-corrected chi connectivity index (χ4v) is 1.01. The summed E-state index contributed by atoms with van der Waals surface area (Å²) in [6.07, 6.45) is 4.36. The van der Waals surface area contributed by atoms with Gasteiger partial charge in [-0.25, -0.2) is 10.8 Å². The molecular formula is C13H25N5O. The Morgan fingerprint density at radius 3 is 2.42 bits per heavy atom. The van der Waals surface area contributed by atoms with Crippen molar-refractivity contribution in [3.63, 3.8) is 0 Å². The SMILES string of the molecule is CC.CC.CC(=O)Nc1cc(N(N)/C=C\N)ccn1. The number of nitrogens with zero attached hydrogens (tertiary/aromatic N) is 2. The molecule has 6 heteroatoms. The van der Waals surface area contributed by atoms with Gasteiger partial charge in [-0.05, 0) is 6.07 Å². The van der Waals surface area contributed by atoms with Crippen LogP contribution in [0.3, 0.4) is 0 Å². The molecule has 1 aromatic rings. The molecule has 0 saturated carbocycles. The van der Waals surface area contributed by atoms with E-state index in [0.29, 0.717) is 11.5 Å². The average Bonchev–Trinajstić information content (AvgIpc) is 2.43. The maximum Gasteiger partial charge on any atom is 0.222 e. The number of anilines is 2. The highest BCUT2D eigenvalue weighted by Crippen LogP contribution is 2.14. The Bertz CT molecular complexity index is 379. The number of nitrogens with two attached hydrogens (primary N) is 2. The van der Waals surface area contributed by atoms with Crippen LogP contribution >= 0.6 is 0 Å². The van der Waals surface area contributed by atoms with Gasteiger partial charge in [0.25, 0.3) is 0 Å². The van der Waals surface area contributed by atoms with Gasteiger partial charge in [0.2, 0.25) is 5.91 Å². The molecule has 1 aromatic heterocycles. The predicted molar refractivity (Wildman–Crippen MR) is 81.2 cm³/mol. The fraction of sp³-hybridized carbons (Fsp3) is 0.385. The molecule has 0 saturated heterocycles. The molecule has 19 heavy (non-hydrogen) atoms. The van der Waals surface area contributed by atoms with Crippen LogP contribution in [0.4, 0.5) is 11.5 Å². The molecule has 0 aromatic carbocycles. The van der Waals surface area contributed by atoms with Gasteiger partial charge in [0, 0.05) is 31.6 Å². The van der Waals surface area contributed by atoms with E-state index in [-0.39, 0.29) is 5.91 Å². The highest BCUT2D eigenvalue weighted by Gasteiger charge is 2.01. The summed E-state index contributed by atoms with van der Waals surface area (Å²) in [6.45, 7) is 9.41. The van der Waals surface area contributed by atoms with Crippen LogP contribution in [0.2, 0.25) is 0 Å². The number of hydrogen-bond donors (Lipinski definition) is 3. The van der Waals surface area contributed by atoms with E-state index in [1.807, 2.05) is 27.7 Å². The highest BCUT2D eigenvalue weighted by atomic mass is 16.1. The highest BCUT2D eigenvalue weighted by molar-refractivity contribution is 5.88. The van der Waals surface area contributed by atoms with Crippen molar-refractivity contribution in [2.45, 2.75) is 34.6 Å². The monoisotopic (exact) mass is 267 g/mol. The van der Waals surface area contributed by atoms with Crippen molar-refractivity contribution in [2.24, 2.45) is 11.6 Å². The van der Waals surface area contributed by atoms with Gasteiger partial charge in [-0.3, -0.25) is 9.80 Å². The van der Waals surface area contributed by atoms with E-state index in [1.165, 1.54) is 24.3 Å². The Labute approximate surface area is 115 Å². The Morgan fingerprint density at radius 1 is 1.37 bits per heavy atom. The molecule has 0 aliphatic carbocycles. The standard InChI is InChI=1S/C9H13N5O.2C2H6/c1-7(15)13-9-6-8(2-4-12-9)14(11)5-3-10;2*1-2/h2-6H,10-11H2,1H3,(H,12,13,15);2*1-2H3/b5-3-;;. The smallest absolute Gasteiger partial charge is 0.222 e. The molecule has 5 N–H and O–H groups in total. The topological polar surface area (TPSA) is 97.3 Å². The third-order valence-corrected chi connectivity index (χ3v) is 1.59. The van der Waals surface area contributed by atoms with Crippen molar-refractivity contribution in [3.8, 4) is 0 Å². The number of nitrogens with one attached hydrogen (secondary N) is 1. The molecular weight excluding hydrogens is 242 g/mol. The number of carbonyl (C=O) groups is 1. The van der Waals surface area contributed by atoms with Crippen molar-refractivity contribution >= 4 is 17.4 Å². The normalized spacial score (nSPS) is 8.74. The van der Waals surface area contributed by atoms with Crippen LogP contribution in [-0.4, -0.2) is 10.9 Å². The van der Waals surface area contributed by atoms with Crippen LogP contribution in [0.25, 0.3) is 0 Å². The lowest BCUT2D eigenvalue weighted by Gasteiger charge is -2.13. The molecule has 6 nitrogen and oxygen atoms in total. The first-order valence-corrected chi connectivity index (χ1v) is 6.29. The largest absolute Gasteiger partial charge is 0.403 e. The van der Waals surface area contributed by atoms with Gasteiger partial charge in [-0.15, -0.1) is 0 Å². The van der Waals surface area contributed by atoms with Gasteiger partial charge in [0.05, 0.1) is 5.69 Å². The molecule has 0 bridgehead atoms. The number of aromatic nitrogens is 1. The number of amides is 1. The van der Waals surface area contributed by atoms with E-state index in [0.717, 1.165) is 0 Å². The minimum Gasteiger partial charge on any atom is -0.403 e. The Balaban J connectivity index is 0. The van der Waals surface area contributed by atoms with E-state index in [4.69, 9.17) is 11.6 Å². The Morgan fingerprint density at radius 2 is 1.95 bits per heavy atom. The lowest BCUT2D eigenvalue weighted by atomic mass is 10.3. The average molecular weight is 267 g/mol. The molecule has 0 aliphatic rings. The van der Waals surface area contributed by atoms with Crippen LogP contribution < -0.4 is 21.9 Å². The molecule has 0 fully saturated rings. The lowest BCUT2D eigenvalue weighted by Crippen LogP contribution is -2.24. The van der Waals surface area contributed by atoms with Gasteiger partial charge < -0.3 is 11.1 Å². The zero-order chi connectivity index (χ0) is 15.3. The lowest BCUT2D eigenvalue weighted by molar-refractivity contribution is -0.114. The van der Waals surface area contributed by atoms with Crippen LogP contribution in [0, 0.1) is 0 Å². The first kappa shape index (κ1) is 19.3. The zero-order valence-corrected chi connectivity index (χ0v) is 12.3. The third-order valence-electron chi connectivity index (χ3n) is 1.59. The molecule has 0 spiro atoms. The van der Waals surface area contributed by atoms with Crippen LogP contribution in [0.5, 0.6) is 0 Å². The van der Waals surface area contributed by atoms with Crippen LogP contribution in [-0.2, 0) is 4.79 Å². The van der Waals surface area contributed by atoms with Crippen molar-refractivity contribution in [1.29, 1.82) is 0 Å². The van der Waals surface area contributed by atoms with Gasteiger partial charge in [-0.1, -0.05) is 27.7 Å². The summed E-state index contributed by atoms with van der Waals surface area (Å²) in [5.74, 6) is 5.89. The molecule has 0 aliphatic heterocycles. The van der Waals surface area contributed by atoms with E-state index in [9.17, 15) is 4.79 Å². The van der Waals surface area contributed by atoms with Crippen molar-refractivity contribution in [1.82, 2.24) is 4.98 Å². The van der Waals surface area contributed by atoms with Gasteiger partial charge in [-0.2, -0.15) is 0 Å². The summed E-state index contributed by atoms with van der Waals surface area (Å²) in [6, 6.07) is 3.34. The summed E-state index contributed by atoms with van der Waals surface area (Å²) >= 11 is 0. The summed E-state index contributed by atoms with van der Waals surface area (Å²) in [5.41, 5.74) is 5.87. The summed E-state index contributed by atoms with van der Waals surface area (Å²) in [7, 11) is 0. The number of rotatable bonds is 3. The quantitative estimate of drug-likeness (QED) is 0.576. The molecule has 1 heterocycles. The molecule has 0 unspecified atom stereocenters. The Hall–Kier alpha value is -2.08. The number of hydrazine groups is 1. The third kappa shape index (κ3) is 8.62. The van der Waals surface area contributed by atoms with E-state index < -0.39 is 0 Å². The summed E-state index contributed by atoms with van der Waals surface area (Å²) in [4.78, 5) is 14.7. The van der Waals surface area contributed by atoms with Crippen molar-refractivity contribution in [2.75, 3.05) is 10.3 Å². The van der Waals surface area contributed by atoms with E-state index >= 15 is 0 Å². The first-order valence-electron chi connectivity index (χ1n) is 6.29. The number of pyridine rings is 1. The Kier molecular flexibility index (Phi) is 12.6. The maximum atomic E-state index is 10.8. The fourth-order valence-electron chi connectivity index (χ4n) is 1.01. The molecule has 1 rings (SSSR count). The molecule has 108 valence electrons. The van der Waals surface area contributed by atoms with E-state index in [2.05, 4.69) is 10.3 Å². The second-order valence-electron chi connectivity index (χ2n) is 2.83. The van der Waals surface area contributed by atoms with Crippen LogP contribution in [0.15, 0.2) is 30.7 Å². The maximum absolute atomic E-state index is 10.8. The second kappa shape index (κ2) is 12.4. The predicted octanol–water partition coefficient (Wildman–Crippen LogP) is 2.20. The van der Waals surface area contributed by atoms with Gasteiger partial charge in [0.1, 0.15) is 5.82 Å². The number of hydrogen-bond acceptors (Lipinski definition) is 5. The van der Waals surface area contributed by atoms with Crippen LogP contribution in [0.1, 0.15) is 34.6 Å². The summed E-state index contributed by atoms with van der Waals surface area (Å²) < 4.78 is 0. The minimum atomic E-state index is -0.183. The number of carbonyl (C=O) groups excluding carboxylic acids is 1. The first-order chi connectivity index (χ1) is 9.13. The zero-order valence-electron chi connectivity index (χ0n) is 12.3. The van der Waals surface area contributed by atoms with Crippen molar-refractivity contribution < 1.29 is 4.79 Å². The molecule has 1 amide bonds. The molecule has 0 atom stereocenters. The molecule has 0 radical (unpaired) electrons. The minimum absolute atomic E-state index is 0.183. The van der Waals surface area contributed by atoms with Crippen molar-refractivity contribution in [3.05, 3.63) is 30.7 Å². The van der Waals surface area contributed by atoms with E-state index in [1.54, 1.807) is 18.3 Å².